The van der Waals surface area contributed by atoms with Gasteiger partial charge in [0.25, 0.3) is 0 Å². The summed E-state index contributed by atoms with van der Waals surface area (Å²) in [5.74, 6) is -0.580. The van der Waals surface area contributed by atoms with Crippen molar-refractivity contribution in [2.75, 3.05) is 0 Å². The molecule has 0 amide bonds. The Morgan fingerprint density at radius 3 is 2.47 bits per heavy atom. The molecule has 2 nitrogen and oxygen atoms in total. The zero-order valence-electron chi connectivity index (χ0n) is 10.0. The van der Waals surface area contributed by atoms with Crippen molar-refractivity contribution in [3.05, 3.63) is 29.3 Å². The van der Waals surface area contributed by atoms with Crippen LogP contribution in [-0.2, 0) is 4.79 Å². The molecule has 0 aliphatic rings. The van der Waals surface area contributed by atoms with E-state index in [9.17, 15) is 9.90 Å². The number of carboxylic acid groups (broad SMARTS) is 1. The Bertz CT molecular complexity index is 364. The van der Waals surface area contributed by atoms with Gasteiger partial charge in [0.15, 0.2) is 0 Å². The van der Waals surface area contributed by atoms with Crippen LogP contribution < -0.4 is 0 Å². The van der Waals surface area contributed by atoms with Crippen molar-refractivity contribution < 1.29 is 9.90 Å². The molecule has 0 spiro atoms. The SMILES string of the molecule is CCCC(C)C(Sc1ccc(Cl)cc1)C(=O)O. The van der Waals surface area contributed by atoms with E-state index < -0.39 is 11.2 Å². The maximum Gasteiger partial charge on any atom is 0.317 e. The predicted molar refractivity (Wildman–Crippen MR) is 72.8 cm³/mol. The van der Waals surface area contributed by atoms with Crippen molar-refractivity contribution in [3.63, 3.8) is 0 Å². The van der Waals surface area contributed by atoms with E-state index in [1.807, 2.05) is 19.1 Å². The first-order valence-electron chi connectivity index (χ1n) is 5.69. The van der Waals surface area contributed by atoms with Gasteiger partial charge in [-0.05, 0) is 36.6 Å². The summed E-state index contributed by atoms with van der Waals surface area (Å²) in [4.78, 5) is 12.2. The number of carbonyl (C=O) groups is 1. The first-order valence-corrected chi connectivity index (χ1v) is 6.95. The second-order valence-corrected chi connectivity index (χ2v) is 5.75. The molecule has 0 heterocycles. The molecule has 0 saturated heterocycles. The smallest absolute Gasteiger partial charge is 0.317 e. The number of halogens is 1. The number of thioether (sulfide) groups is 1. The molecule has 2 atom stereocenters. The minimum absolute atomic E-state index is 0.165. The highest BCUT2D eigenvalue weighted by Crippen LogP contribution is 2.31. The van der Waals surface area contributed by atoms with Crippen molar-refractivity contribution in [2.45, 2.75) is 36.8 Å². The van der Waals surface area contributed by atoms with E-state index in [0.29, 0.717) is 5.02 Å². The van der Waals surface area contributed by atoms with E-state index in [0.717, 1.165) is 17.7 Å². The normalized spacial score (nSPS) is 14.3. The second-order valence-electron chi connectivity index (χ2n) is 4.10. The van der Waals surface area contributed by atoms with Crippen LogP contribution in [0.4, 0.5) is 0 Å². The highest BCUT2D eigenvalue weighted by molar-refractivity contribution is 8.00. The van der Waals surface area contributed by atoms with Crippen LogP contribution in [0.2, 0.25) is 5.02 Å². The van der Waals surface area contributed by atoms with Gasteiger partial charge in [-0.3, -0.25) is 4.79 Å². The molecule has 4 heteroatoms. The van der Waals surface area contributed by atoms with E-state index in [1.165, 1.54) is 11.8 Å². The molecule has 94 valence electrons. The first-order chi connectivity index (χ1) is 8.04. The maximum absolute atomic E-state index is 11.2. The van der Waals surface area contributed by atoms with E-state index in [-0.39, 0.29) is 5.92 Å². The van der Waals surface area contributed by atoms with Crippen molar-refractivity contribution in [3.8, 4) is 0 Å². The molecular weight excluding hydrogens is 256 g/mol. The average Bonchev–Trinajstić information content (AvgIpc) is 2.28. The van der Waals surface area contributed by atoms with Gasteiger partial charge >= 0.3 is 5.97 Å². The lowest BCUT2D eigenvalue weighted by Crippen LogP contribution is -2.24. The molecule has 0 aliphatic heterocycles. The minimum Gasteiger partial charge on any atom is -0.480 e. The standard InChI is InChI=1S/C13H17ClO2S/c1-3-4-9(2)12(13(15)16)17-11-7-5-10(14)6-8-11/h5-9,12H,3-4H2,1-2H3,(H,15,16). The molecule has 1 N–H and O–H groups in total. The summed E-state index contributed by atoms with van der Waals surface area (Å²) in [5.41, 5.74) is 0. The van der Waals surface area contributed by atoms with Gasteiger partial charge in [0.2, 0.25) is 0 Å². The Hall–Kier alpha value is -0.670. The number of aliphatic carboxylic acids is 1. The summed E-state index contributed by atoms with van der Waals surface area (Å²) in [6, 6.07) is 7.30. The van der Waals surface area contributed by atoms with E-state index >= 15 is 0 Å². The topological polar surface area (TPSA) is 37.3 Å². The summed E-state index contributed by atoms with van der Waals surface area (Å²) in [6.45, 7) is 4.06. The van der Waals surface area contributed by atoms with Crippen molar-refractivity contribution in [1.29, 1.82) is 0 Å². The summed E-state index contributed by atoms with van der Waals surface area (Å²) in [7, 11) is 0. The summed E-state index contributed by atoms with van der Waals surface area (Å²) in [6.07, 6.45) is 1.93. The summed E-state index contributed by atoms with van der Waals surface area (Å²) >= 11 is 7.19. The number of benzene rings is 1. The molecule has 0 aliphatic carbocycles. The monoisotopic (exact) mass is 272 g/mol. The van der Waals surface area contributed by atoms with Gasteiger partial charge in [0.05, 0.1) is 0 Å². The third-order valence-electron chi connectivity index (χ3n) is 2.58. The van der Waals surface area contributed by atoms with E-state index in [1.54, 1.807) is 12.1 Å². The van der Waals surface area contributed by atoms with Crippen LogP contribution in [0.25, 0.3) is 0 Å². The zero-order valence-corrected chi connectivity index (χ0v) is 11.6. The lowest BCUT2D eigenvalue weighted by molar-refractivity contribution is -0.137. The Balaban J connectivity index is 2.73. The highest BCUT2D eigenvalue weighted by atomic mass is 35.5. The fourth-order valence-corrected chi connectivity index (χ4v) is 2.86. The van der Waals surface area contributed by atoms with E-state index in [4.69, 9.17) is 11.6 Å². The van der Waals surface area contributed by atoms with Crippen LogP contribution in [0.3, 0.4) is 0 Å². The van der Waals surface area contributed by atoms with Gasteiger partial charge in [-0.1, -0.05) is 31.9 Å². The summed E-state index contributed by atoms with van der Waals surface area (Å²) in [5, 5.41) is 9.52. The largest absolute Gasteiger partial charge is 0.480 e. The molecule has 0 bridgehead atoms. The molecule has 0 saturated carbocycles. The van der Waals surface area contributed by atoms with Gasteiger partial charge in [-0.2, -0.15) is 0 Å². The van der Waals surface area contributed by atoms with Crippen LogP contribution in [0.15, 0.2) is 29.2 Å². The quantitative estimate of drug-likeness (QED) is 0.784. The van der Waals surface area contributed by atoms with Crippen LogP contribution >= 0.6 is 23.4 Å². The predicted octanol–water partition coefficient (Wildman–Crippen LogP) is 4.32. The lowest BCUT2D eigenvalue weighted by Gasteiger charge is -2.19. The Kier molecular flexibility index (Phi) is 5.86. The molecule has 1 rings (SSSR count). The molecule has 17 heavy (non-hydrogen) atoms. The Morgan fingerprint density at radius 2 is 2.00 bits per heavy atom. The van der Waals surface area contributed by atoms with Crippen molar-refractivity contribution in [1.82, 2.24) is 0 Å². The fourth-order valence-electron chi connectivity index (χ4n) is 1.68. The van der Waals surface area contributed by atoms with Crippen LogP contribution in [-0.4, -0.2) is 16.3 Å². The van der Waals surface area contributed by atoms with Crippen LogP contribution in [0.1, 0.15) is 26.7 Å². The zero-order chi connectivity index (χ0) is 12.8. The number of rotatable bonds is 6. The highest BCUT2D eigenvalue weighted by Gasteiger charge is 2.25. The van der Waals surface area contributed by atoms with E-state index in [2.05, 4.69) is 6.92 Å². The Morgan fingerprint density at radius 1 is 1.41 bits per heavy atom. The molecule has 2 unspecified atom stereocenters. The Labute approximate surface area is 111 Å². The third-order valence-corrected chi connectivity index (χ3v) is 4.30. The average molecular weight is 273 g/mol. The number of hydrogen-bond acceptors (Lipinski definition) is 2. The van der Waals surface area contributed by atoms with Crippen molar-refractivity contribution >= 4 is 29.3 Å². The first kappa shape index (κ1) is 14.4. The molecular formula is C13H17ClO2S. The molecule has 1 aromatic rings. The molecule has 1 aromatic carbocycles. The lowest BCUT2D eigenvalue weighted by atomic mass is 10.0. The molecule has 0 radical (unpaired) electrons. The van der Waals surface area contributed by atoms with Gasteiger partial charge in [-0.25, -0.2) is 0 Å². The number of hydrogen-bond donors (Lipinski definition) is 1. The maximum atomic E-state index is 11.2. The van der Waals surface area contributed by atoms with Gasteiger partial charge in [0, 0.05) is 9.92 Å². The van der Waals surface area contributed by atoms with Gasteiger partial charge < -0.3 is 5.11 Å². The number of carboxylic acids is 1. The van der Waals surface area contributed by atoms with Crippen molar-refractivity contribution in [2.24, 2.45) is 5.92 Å². The minimum atomic E-state index is -0.745. The van der Waals surface area contributed by atoms with Gasteiger partial charge in [-0.15, -0.1) is 11.8 Å². The fraction of sp³-hybridized carbons (Fsp3) is 0.462. The second kappa shape index (κ2) is 6.92. The third kappa shape index (κ3) is 4.60. The van der Waals surface area contributed by atoms with Gasteiger partial charge in [0.1, 0.15) is 5.25 Å². The molecule has 0 fully saturated rings. The van der Waals surface area contributed by atoms with Crippen LogP contribution in [0, 0.1) is 5.92 Å². The summed E-state index contributed by atoms with van der Waals surface area (Å²) < 4.78 is 0. The molecule has 0 aromatic heterocycles. The van der Waals surface area contributed by atoms with Crippen LogP contribution in [0.5, 0.6) is 0 Å².